The van der Waals surface area contributed by atoms with Crippen molar-refractivity contribution < 1.29 is 5.11 Å². The molecule has 1 N–H and O–H groups in total. The van der Waals surface area contributed by atoms with Crippen molar-refractivity contribution in [2.45, 2.75) is 39.0 Å². The van der Waals surface area contributed by atoms with Crippen LogP contribution in [0.5, 0.6) is 5.75 Å². The van der Waals surface area contributed by atoms with Crippen LogP contribution in [0, 0.1) is 5.41 Å². The van der Waals surface area contributed by atoms with Gasteiger partial charge in [0.15, 0.2) is 0 Å². The van der Waals surface area contributed by atoms with Crippen LogP contribution in [0.1, 0.15) is 39.3 Å². The van der Waals surface area contributed by atoms with E-state index in [4.69, 9.17) is 4.98 Å². The molecule has 0 unspecified atom stereocenters. The van der Waals surface area contributed by atoms with E-state index in [-0.39, 0.29) is 16.6 Å². The van der Waals surface area contributed by atoms with E-state index >= 15 is 0 Å². The van der Waals surface area contributed by atoms with Crippen LogP contribution >= 0.6 is 0 Å². The van der Waals surface area contributed by atoms with E-state index in [2.05, 4.69) is 32.9 Å². The summed E-state index contributed by atoms with van der Waals surface area (Å²) in [5.74, 6) is 0.277. The largest absolute Gasteiger partial charge is 0.506 e. The van der Waals surface area contributed by atoms with E-state index in [9.17, 15) is 5.11 Å². The lowest BCUT2D eigenvalue weighted by atomic mass is 9.75. The fraction of sp³-hybridized carbons (Fsp3) is 0.438. The van der Waals surface area contributed by atoms with Gasteiger partial charge in [-0.1, -0.05) is 39.0 Å². The van der Waals surface area contributed by atoms with Crippen molar-refractivity contribution in [2.75, 3.05) is 0 Å². The molecule has 0 amide bonds. The Morgan fingerprint density at radius 1 is 1.11 bits per heavy atom. The van der Waals surface area contributed by atoms with Gasteiger partial charge in [0.05, 0.1) is 0 Å². The molecule has 2 aromatic rings. The monoisotopic (exact) mass is 241 g/mol. The van der Waals surface area contributed by atoms with Crippen molar-refractivity contribution in [3.05, 3.63) is 36.0 Å². The molecule has 1 aromatic carbocycles. The topological polar surface area (TPSA) is 33.1 Å². The lowest BCUT2D eigenvalue weighted by Crippen LogP contribution is -2.27. The summed E-state index contributed by atoms with van der Waals surface area (Å²) < 4.78 is 0. The minimum Gasteiger partial charge on any atom is -0.506 e. The molecule has 0 saturated heterocycles. The molecule has 1 aliphatic rings. The molecule has 0 radical (unpaired) electrons. The first-order chi connectivity index (χ1) is 8.44. The van der Waals surface area contributed by atoms with E-state index in [0.29, 0.717) is 0 Å². The molecule has 0 bridgehead atoms. The summed E-state index contributed by atoms with van der Waals surface area (Å²) in [6, 6.07) is 9.75. The van der Waals surface area contributed by atoms with E-state index in [0.717, 1.165) is 16.6 Å². The second-order valence-corrected chi connectivity index (χ2v) is 6.38. The zero-order valence-corrected chi connectivity index (χ0v) is 11.2. The van der Waals surface area contributed by atoms with E-state index in [1.807, 2.05) is 12.1 Å². The third-order valence-corrected chi connectivity index (χ3v) is 4.37. The molecular weight excluding hydrogens is 222 g/mol. The summed E-state index contributed by atoms with van der Waals surface area (Å²) in [5.41, 5.74) is 2.27. The van der Waals surface area contributed by atoms with Crippen LogP contribution in [0.25, 0.3) is 10.9 Å². The van der Waals surface area contributed by atoms with Crippen molar-refractivity contribution in [3.8, 4) is 5.75 Å². The molecule has 2 nitrogen and oxygen atoms in total. The van der Waals surface area contributed by atoms with Crippen LogP contribution in [0.4, 0.5) is 0 Å². The number of phenols is 1. The Labute approximate surface area is 108 Å². The van der Waals surface area contributed by atoms with Gasteiger partial charge in [0.25, 0.3) is 0 Å². The number of phenolic OH excluding ortho intramolecular Hbond substituents is 1. The number of benzene rings is 1. The van der Waals surface area contributed by atoms with E-state index < -0.39 is 0 Å². The minimum atomic E-state index is 0.198. The van der Waals surface area contributed by atoms with Gasteiger partial charge in [-0.3, -0.25) is 0 Å². The Bertz CT molecular complexity index is 606. The number of aromatic nitrogens is 1. The molecule has 1 fully saturated rings. The van der Waals surface area contributed by atoms with Crippen LogP contribution in [0.15, 0.2) is 30.3 Å². The predicted molar refractivity (Wildman–Crippen MR) is 73.8 cm³/mol. The first-order valence-corrected chi connectivity index (χ1v) is 6.53. The van der Waals surface area contributed by atoms with Crippen LogP contribution in [0.3, 0.4) is 0 Å². The number of nitrogens with zero attached hydrogens (tertiary/aromatic N) is 1. The minimum absolute atomic E-state index is 0.198. The number of para-hydroxylation sites is 1. The standard InChI is InChI=1S/C16H19NO/c1-15(2,3)16(9-10-16)13-8-7-11-5-4-6-12(18)14(11)17-13/h4-8,18H,9-10H2,1-3H3. The normalized spacial score (nSPS) is 17.9. The Morgan fingerprint density at radius 3 is 2.44 bits per heavy atom. The Morgan fingerprint density at radius 2 is 1.83 bits per heavy atom. The maximum absolute atomic E-state index is 9.92. The summed E-state index contributed by atoms with van der Waals surface area (Å²) in [7, 11) is 0. The van der Waals surface area contributed by atoms with Crippen molar-refractivity contribution in [1.29, 1.82) is 0 Å². The summed E-state index contributed by atoms with van der Waals surface area (Å²) in [5, 5.41) is 10.9. The highest BCUT2D eigenvalue weighted by Gasteiger charge is 2.54. The molecular formula is C16H19NO. The van der Waals surface area contributed by atoms with Gasteiger partial charge in [-0.05, 0) is 30.4 Å². The van der Waals surface area contributed by atoms with Gasteiger partial charge in [-0.15, -0.1) is 0 Å². The maximum atomic E-state index is 9.92. The first-order valence-electron chi connectivity index (χ1n) is 6.53. The van der Waals surface area contributed by atoms with Gasteiger partial charge in [0, 0.05) is 16.5 Å². The van der Waals surface area contributed by atoms with Crippen molar-refractivity contribution in [1.82, 2.24) is 4.98 Å². The molecule has 1 saturated carbocycles. The Hall–Kier alpha value is -1.57. The summed E-state index contributed by atoms with van der Waals surface area (Å²) >= 11 is 0. The average Bonchev–Trinajstić information content (AvgIpc) is 3.09. The first kappa shape index (κ1) is 11.5. The third kappa shape index (κ3) is 1.52. The number of pyridine rings is 1. The van der Waals surface area contributed by atoms with Crippen molar-refractivity contribution in [2.24, 2.45) is 5.41 Å². The molecule has 3 rings (SSSR count). The second kappa shape index (κ2) is 3.47. The van der Waals surface area contributed by atoms with Gasteiger partial charge in [0.2, 0.25) is 0 Å². The van der Waals surface area contributed by atoms with Crippen molar-refractivity contribution >= 4 is 10.9 Å². The van der Waals surface area contributed by atoms with Crippen molar-refractivity contribution in [3.63, 3.8) is 0 Å². The quantitative estimate of drug-likeness (QED) is 0.818. The zero-order valence-electron chi connectivity index (χ0n) is 11.2. The van der Waals surface area contributed by atoms with Gasteiger partial charge < -0.3 is 5.11 Å². The lowest BCUT2D eigenvalue weighted by molar-refractivity contribution is 0.293. The number of rotatable bonds is 1. The molecule has 0 atom stereocenters. The molecule has 0 spiro atoms. The number of hydrogen-bond donors (Lipinski definition) is 1. The highest BCUT2D eigenvalue weighted by molar-refractivity contribution is 5.84. The zero-order chi connectivity index (χ0) is 13.0. The molecule has 1 aromatic heterocycles. The summed E-state index contributed by atoms with van der Waals surface area (Å²) in [6.07, 6.45) is 2.39. The predicted octanol–water partition coefficient (Wildman–Crippen LogP) is 4.02. The average molecular weight is 241 g/mol. The fourth-order valence-electron chi connectivity index (χ4n) is 2.91. The van der Waals surface area contributed by atoms with Gasteiger partial charge >= 0.3 is 0 Å². The maximum Gasteiger partial charge on any atom is 0.141 e. The molecule has 94 valence electrons. The van der Waals surface area contributed by atoms with E-state index in [1.54, 1.807) is 6.07 Å². The molecule has 2 heteroatoms. The van der Waals surface area contributed by atoms with E-state index in [1.165, 1.54) is 12.8 Å². The molecule has 1 heterocycles. The third-order valence-electron chi connectivity index (χ3n) is 4.37. The van der Waals surface area contributed by atoms with Crippen LogP contribution < -0.4 is 0 Å². The smallest absolute Gasteiger partial charge is 0.141 e. The molecule has 0 aliphatic heterocycles. The highest BCUT2D eigenvalue weighted by atomic mass is 16.3. The summed E-state index contributed by atoms with van der Waals surface area (Å²) in [4.78, 5) is 4.73. The summed E-state index contributed by atoms with van der Waals surface area (Å²) in [6.45, 7) is 6.82. The van der Waals surface area contributed by atoms with Gasteiger partial charge in [-0.25, -0.2) is 4.98 Å². The SMILES string of the molecule is CC(C)(C)C1(c2ccc3cccc(O)c3n2)CC1. The van der Waals surface area contributed by atoms with Crippen LogP contribution in [-0.2, 0) is 5.41 Å². The lowest BCUT2D eigenvalue weighted by Gasteiger charge is -2.30. The molecule has 18 heavy (non-hydrogen) atoms. The Kier molecular flexibility index (Phi) is 2.22. The Balaban J connectivity index is 2.18. The highest BCUT2D eigenvalue weighted by Crippen LogP contribution is 2.59. The number of hydrogen-bond acceptors (Lipinski definition) is 2. The number of fused-ring (bicyclic) bond motifs is 1. The van der Waals surface area contributed by atoms with Crippen LogP contribution in [-0.4, -0.2) is 10.1 Å². The molecule has 1 aliphatic carbocycles. The van der Waals surface area contributed by atoms with Gasteiger partial charge in [-0.2, -0.15) is 0 Å². The van der Waals surface area contributed by atoms with Crippen LogP contribution in [0.2, 0.25) is 0 Å². The fourth-order valence-corrected chi connectivity index (χ4v) is 2.91. The second-order valence-electron chi connectivity index (χ2n) is 6.38. The van der Waals surface area contributed by atoms with Gasteiger partial charge in [0.1, 0.15) is 11.3 Å². The number of aromatic hydroxyl groups is 1.